The topological polar surface area (TPSA) is 242 Å². The summed E-state index contributed by atoms with van der Waals surface area (Å²) in [5.74, 6) is -6.12. The minimum atomic E-state index is -4.67. The van der Waals surface area contributed by atoms with E-state index in [-0.39, 0.29) is 148 Å². The zero-order valence-corrected chi connectivity index (χ0v) is 26.8. The van der Waals surface area contributed by atoms with E-state index in [1.165, 1.54) is 0 Å². The van der Waals surface area contributed by atoms with Crippen LogP contribution in [0.5, 0.6) is 0 Å². The molecule has 0 radical (unpaired) electrons. The summed E-state index contributed by atoms with van der Waals surface area (Å²) < 4.78 is 31.6. The van der Waals surface area contributed by atoms with Crippen LogP contribution in [-0.4, -0.2) is 90.5 Å². The van der Waals surface area contributed by atoms with Crippen molar-refractivity contribution in [1.29, 1.82) is 0 Å². The number of rotatable bonds is 11. The van der Waals surface area contributed by atoms with Crippen LogP contribution in [-0.2, 0) is 46.6 Å². The Bertz CT molecular complexity index is 522. The Morgan fingerprint density at radius 3 is 0.833 bits per heavy atom. The van der Waals surface area contributed by atoms with Crippen LogP contribution in [0, 0.1) is 0 Å². The molecule has 0 aromatic carbocycles. The minimum absolute atomic E-state index is 0. The molecular formula is C10H14FeN2Na4O12S. The fourth-order valence-electron chi connectivity index (χ4n) is 1.44. The first-order valence-electron chi connectivity index (χ1n) is 6.14. The van der Waals surface area contributed by atoms with Crippen molar-refractivity contribution in [2.24, 2.45) is 0 Å². The SMILES string of the molecule is O=C([O-])CN(CCN(CC(=O)[O-])CC(=O)[O-])CC(=O)[O-].O=S(=O)(O)O.[Fe].[Na+].[Na+].[Na+].[Na+]. The van der Waals surface area contributed by atoms with Crippen LogP contribution in [0.1, 0.15) is 0 Å². The Balaban J connectivity index is -0.0000000948. The first-order valence-corrected chi connectivity index (χ1v) is 7.54. The van der Waals surface area contributed by atoms with Crippen LogP contribution in [0.15, 0.2) is 0 Å². The molecule has 0 aliphatic heterocycles. The summed E-state index contributed by atoms with van der Waals surface area (Å²) in [6, 6.07) is 0. The van der Waals surface area contributed by atoms with Crippen LogP contribution in [0.2, 0.25) is 0 Å². The molecule has 14 nitrogen and oxygen atoms in total. The summed E-state index contributed by atoms with van der Waals surface area (Å²) in [6.45, 7) is -3.25. The van der Waals surface area contributed by atoms with Crippen molar-refractivity contribution >= 4 is 34.3 Å². The molecule has 154 valence electrons. The van der Waals surface area contributed by atoms with E-state index in [1.54, 1.807) is 0 Å². The molecule has 0 aliphatic rings. The quantitative estimate of drug-likeness (QED) is 0.185. The van der Waals surface area contributed by atoms with Gasteiger partial charge in [-0.1, -0.05) is 0 Å². The van der Waals surface area contributed by atoms with Gasteiger partial charge in [0.1, 0.15) is 0 Å². The first kappa shape index (κ1) is 49.4. The van der Waals surface area contributed by atoms with Gasteiger partial charge in [0.05, 0.1) is 23.9 Å². The van der Waals surface area contributed by atoms with E-state index in [2.05, 4.69) is 0 Å². The number of hydrogen-bond acceptors (Lipinski definition) is 12. The molecule has 20 heteroatoms. The normalized spacial score (nSPS) is 9.07. The third-order valence-corrected chi connectivity index (χ3v) is 2.14. The third-order valence-electron chi connectivity index (χ3n) is 2.14. The van der Waals surface area contributed by atoms with Crippen molar-refractivity contribution in [2.75, 3.05) is 39.3 Å². The van der Waals surface area contributed by atoms with Gasteiger partial charge in [-0.05, 0) is 0 Å². The van der Waals surface area contributed by atoms with Crippen molar-refractivity contribution in [2.45, 2.75) is 0 Å². The molecule has 0 fully saturated rings. The second-order valence-electron chi connectivity index (χ2n) is 4.36. The Labute approximate surface area is 271 Å². The van der Waals surface area contributed by atoms with Gasteiger partial charge in [-0.2, -0.15) is 8.42 Å². The van der Waals surface area contributed by atoms with Crippen molar-refractivity contribution < 1.29 is 192 Å². The first-order chi connectivity index (χ1) is 11.2. The number of carboxylic acid groups (broad SMARTS) is 4. The predicted molar refractivity (Wildman–Crippen MR) is 67.1 cm³/mol. The van der Waals surface area contributed by atoms with Gasteiger partial charge in [-0.15, -0.1) is 0 Å². The van der Waals surface area contributed by atoms with Gasteiger partial charge in [0, 0.05) is 56.3 Å². The molecule has 0 rings (SSSR count). The summed E-state index contributed by atoms with van der Waals surface area (Å²) in [7, 11) is -4.67. The standard InChI is InChI=1S/C10H16N2O8.Fe.4Na.H2O4S/c13-7(14)3-11(4-8(15)16)1-2-12(5-9(17)18)6-10(19)20;;;;;;1-5(2,3)4/h1-6H2,(H,13,14)(H,15,16)(H,17,18)(H,19,20);;;;;;(H2,1,2,3,4)/q;;4*+1;/p-4. The maximum Gasteiger partial charge on any atom is 1.00 e. The van der Waals surface area contributed by atoms with Gasteiger partial charge in [0.2, 0.25) is 0 Å². The van der Waals surface area contributed by atoms with E-state index in [0.717, 1.165) is 9.80 Å². The minimum Gasteiger partial charge on any atom is -0.549 e. The van der Waals surface area contributed by atoms with E-state index < -0.39 is 60.5 Å². The summed E-state index contributed by atoms with van der Waals surface area (Å²) >= 11 is 0. The number of nitrogens with zero attached hydrogens (tertiary/aromatic N) is 2. The van der Waals surface area contributed by atoms with E-state index in [4.69, 9.17) is 17.5 Å². The molecule has 0 spiro atoms. The molecule has 30 heavy (non-hydrogen) atoms. The average molecular weight is 534 g/mol. The molecule has 0 bridgehead atoms. The summed E-state index contributed by atoms with van der Waals surface area (Å²) in [4.78, 5) is 43.4. The van der Waals surface area contributed by atoms with Crippen molar-refractivity contribution in [3.63, 3.8) is 0 Å². The molecule has 0 saturated heterocycles. The Morgan fingerprint density at radius 2 is 0.733 bits per heavy atom. The van der Waals surface area contributed by atoms with Crippen molar-refractivity contribution in [1.82, 2.24) is 9.80 Å². The molecule has 0 heterocycles. The van der Waals surface area contributed by atoms with Crippen LogP contribution < -0.4 is 139 Å². The maximum absolute atomic E-state index is 10.4. The Morgan fingerprint density at radius 1 is 0.600 bits per heavy atom. The third kappa shape index (κ3) is 47.8. The van der Waals surface area contributed by atoms with E-state index in [9.17, 15) is 39.6 Å². The van der Waals surface area contributed by atoms with Crippen LogP contribution in [0.25, 0.3) is 0 Å². The Kier molecular flexibility index (Phi) is 45.1. The average Bonchev–Trinajstić information content (AvgIpc) is 2.30. The zero-order valence-electron chi connectivity index (χ0n) is 16.9. The van der Waals surface area contributed by atoms with Gasteiger partial charge in [-0.3, -0.25) is 18.9 Å². The van der Waals surface area contributed by atoms with Gasteiger partial charge in [0.15, 0.2) is 0 Å². The molecule has 0 aliphatic carbocycles. The van der Waals surface area contributed by atoms with Crippen molar-refractivity contribution in [3.8, 4) is 0 Å². The van der Waals surface area contributed by atoms with Crippen LogP contribution in [0.4, 0.5) is 0 Å². The van der Waals surface area contributed by atoms with Gasteiger partial charge >= 0.3 is 129 Å². The van der Waals surface area contributed by atoms with Gasteiger partial charge in [0.25, 0.3) is 0 Å². The second-order valence-corrected chi connectivity index (χ2v) is 5.25. The number of aliphatic carboxylic acids is 4. The molecular weight excluding hydrogens is 520 g/mol. The largest absolute Gasteiger partial charge is 1.00 e. The second kappa shape index (κ2) is 27.4. The predicted octanol–water partition coefficient (Wildman–Crippen LogP) is -20.0. The van der Waals surface area contributed by atoms with E-state index in [1.807, 2.05) is 0 Å². The molecule has 2 N–H and O–H groups in total. The molecule has 0 amide bonds. The van der Waals surface area contributed by atoms with E-state index in [0.29, 0.717) is 0 Å². The smallest absolute Gasteiger partial charge is 0.549 e. The van der Waals surface area contributed by atoms with Crippen LogP contribution >= 0.6 is 0 Å². The number of carbonyl (C=O) groups excluding carboxylic acids is 4. The number of carbonyl (C=O) groups is 4. The fraction of sp³-hybridized carbons (Fsp3) is 0.600. The number of carboxylic acids is 4. The molecule has 0 unspecified atom stereocenters. The van der Waals surface area contributed by atoms with Gasteiger partial charge < -0.3 is 39.6 Å². The van der Waals surface area contributed by atoms with Crippen molar-refractivity contribution in [3.05, 3.63) is 0 Å². The fourth-order valence-corrected chi connectivity index (χ4v) is 1.44. The number of hydrogen-bond donors (Lipinski definition) is 2. The Hall–Kier alpha value is 2.19. The van der Waals surface area contributed by atoms with Crippen LogP contribution in [0.3, 0.4) is 0 Å². The molecule has 0 atom stereocenters. The molecule has 0 aromatic rings. The summed E-state index contributed by atoms with van der Waals surface area (Å²) in [5.41, 5.74) is 0. The summed E-state index contributed by atoms with van der Waals surface area (Å²) in [5, 5.41) is 41.6. The monoisotopic (exact) mass is 534 g/mol. The summed E-state index contributed by atoms with van der Waals surface area (Å²) in [6.07, 6.45) is 0. The maximum atomic E-state index is 10.4. The van der Waals surface area contributed by atoms with Gasteiger partial charge in [-0.25, -0.2) is 0 Å². The molecule has 0 aromatic heterocycles. The van der Waals surface area contributed by atoms with E-state index >= 15 is 0 Å². The zero-order chi connectivity index (χ0) is 20.2. The molecule has 0 saturated carbocycles.